The number of carboxylic acid groups (broad SMARTS) is 1. The summed E-state index contributed by atoms with van der Waals surface area (Å²) in [4.78, 5) is 52.7. The van der Waals surface area contributed by atoms with E-state index in [1.165, 1.54) is 43.4 Å². The van der Waals surface area contributed by atoms with Crippen molar-refractivity contribution < 1.29 is 47.2 Å². The van der Waals surface area contributed by atoms with E-state index in [2.05, 4.69) is 53.2 Å². The molecule has 0 saturated heterocycles. The van der Waals surface area contributed by atoms with E-state index in [0.29, 0.717) is 84.2 Å². The van der Waals surface area contributed by atoms with Crippen LogP contribution in [0.4, 0.5) is 14.5 Å². The van der Waals surface area contributed by atoms with E-state index in [9.17, 15) is 33.5 Å². The lowest BCUT2D eigenvalue weighted by Gasteiger charge is -2.34. The number of rotatable bonds is 20. The Hall–Kier alpha value is -9.23. The first-order valence-electron chi connectivity index (χ1n) is 32.9. The molecule has 25 heteroatoms. The molecule has 5 heterocycles. The maximum atomic E-state index is 12.6. The van der Waals surface area contributed by atoms with Gasteiger partial charge in [-0.15, -0.1) is 5.10 Å². The summed E-state index contributed by atoms with van der Waals surface area (Å²) >= 11 is 30.5. The van der Waals surface area contributed by atoms with Crippen molar-refractivity contribution >= 4 is 97.4 Å². The van der Waals surface area contributed by atoms with Gasteiger partial charge in [0.05, 0.1) is 81.5 Å². The zero-order valence-electron chi connectivity index (χ0n) is 55.7. The number of hydrogen-bond donors (Lipinski definition) is 2. The van der Waals surface area contributed by atoms with Gasteiger partial charge in [-0.25, -0.2) is 9.78 Å². The van der Waals surface area contributed by atoms with Gasteiger partial charge in [-0.05, 0) is 173 Å². The minimum absolute atomic E-state index is 0.0803. The molecule has 13 rings (SSSR count). The summed E-state index contributed by atoms with van der Waals surface area (Å²) in [6.45, 7) is 1.93. The van der Waals surface area contributed by atoms with Crippen LogP contribution in [0.1, 0.15) is 122 Å². The molecule has 0 atom stereocenters. The van der Waals surface area contributed by atoms with Gasteiger partial charge in [0.15, 0.2) is 23.0 Å². The monoisotopic (exact) mass is 1470 g/mol. The van der Waals surface area contributed by atoms with Crippen molar-refractivity contribution in [3.63, 3.8) is 0 Å². The molecule has 3 aliphatic carbocycles. The van der Waals surface area contributed by atoms with Crippen LogP contribution in [0.3, 0.4) is 0 Å². The van der Waals surface area contributed by atoms with Gasteiger partial charge in [-0.1, -0.05) is 113 Å². The third-order valence-electron chi connectivity index (χ3n) is 17.7. The van der Waals surface area contributed by atoms with Crippen LogP contribution < -0.4 is 34.7 Å². The second-order valence-electron chi connectivity index (χ2n) is 24.4. The van der Waals surface area contributed by atoms with Gasteiger partial charge in [0.1, 0.15) is 17.1 Å². The van der Waals surface area contributed by atoms with Crippen LogP contribution in [-0.4, -0.2) is 85.2 Å². The number of halogens is 7. The minimum atomic E-state index is -2.99. The highest BCUT2D eigenvalue weighted by Gasteiger charge is 2.40. The third kappa shape index (κ3) is 19.1. The van der Waals surface area contributed by atoms with E-state index < -0.39 is 23.9 Å². The number of nitrogens with zero attached hydrogens (tertiary/aromatic N) is 8. The van der Waals surface area contributed by atoms with E-state index in [1.807, 2.05) is 110 Å². The molecule has 0 radical (unpaired) electrons. The third-order valence-corrected chi connectivity index (χ3v) is 19.2. The quantitative estimate of drug-likeness (QED) is 0.0721. The number of nitriles is 1. The van der Waals surface area contributed by atoms with Gasteiger partial charge in [-0.2, -0.15) is 24.1 Å². The van der Waals surface area contributed by atoms with E-state index in [-0.39, 0.29) is 50.5 Å². The van der Waals surface area contributed by atoms with Crippen molar-refractivity contribution in [2.75, 3.05) is 26.1 Å². The smallest absolute Gasteiger partial charge is 0.387 e. The van der Waals surface area contributed by atoms with Gasteiger partial charge < -0.3 is 34.1 Å². The molecule has 1 amide bonds. The number of ether oxygens (including phenoxy) is 5. The lowest BCUT2D eigenvalue weighted by Crippen LogP contribution is -2.33. The van der Waals surface area contributed by atoms with E-state index in [0.717, 1.165) is 105 Å². The molecule has 101 heavy (non-hydrogen) atoms. The largest absolute Gasteiger partial charge is 0.497 e. The summed E-state index contributed by atoms with van der Waals surface area (Å²) in [5, 5.41) is 35.6. The number of nitrogens with one attached hydrogen (secondary N) is 1. The van der Waals surface area contributed by atoms with Crippen LogP contribution in [0.5, 0.6) is 28.7 Å². The Morgan fingerprint density at radius 1 is 0.703 bits per heavy atom. The maximum Gasteiger partial charge on any atom is 0.387 e. The van der Waals surface area contributed by atoms with Crippen molar-refractivity contribution in [1.82, 2.24) is 34.7 Å². The molecule has 0 spiro atoms. The van der Waals surface area contributed by atoms with Crippen LogP contribution in [-0.2, 0) is 36.0 Å². The minimum Gasteiger partial charge on any atom is -0.497 e. The topological polar surface area (TPSA) is 236 Å². The molecule has 3 saturated carbocycles. The lowest BCUT2D eigenvalue weighted by atomic mass is 9.67. The second-order valence-corrected chi connectivity index (χ2v) is 26.4. The zero-order chi connectivity index (χ0) is 71.7. The number of aryl methyl sites for hydroxylation is 2. The molecule has 0 aliphatic heterocycles. The highest BCUT2D eigenvalue weighted by molar-refractivity contribution is 6.40. The van der Waals surface area contributed by atoms with Gasteiger partial charge >= 0.3 is 18.3 Å². The Labute approximate surface area is 607 Å². The van der Waals surface area contributed by atoms with Crippen molar-refractivity contribution in [1.29, 1.82) is 5.26 Å². The fraction of sp³-hybridized carbons (Fsp3) is 0.316. The average Bonchev–Trinajstić information content (AvgIpc) is 0.908. The maximum absolute atomic E-state index is 12.6. The van der Waals surface area contributed by atoms with Crippen LogP contribution in [0, 0.1) is 23.2 Å². The van der Waals surface area contributed by atoms with Gasteiger partial charge in [0.25, 0.3) is 5.91 Å². The molecule has 10 aromatic rings. The number of anilines is 1. The Morgan fingerprint density at radius 3 is 2.00 bits per heavy atom. The number of alkyl halides is 2. The highest BCUT2D eigenvalue weighted by atomic mass is 35.5. The fourth-order valence-corrected chi connectivity index (χ4v) is 13.0. The van der Waals surface area contributed by atoms with Crippen LogP contribution >= 0.6 is 58.0 Å². The van der Waals surface area contributed by atoms with Gasteiger partial charge in [-0.3, -0.25) is 24.1 Å². The first-order chi connectivity index (χ1) is 48.8. The van der Waals surface area contributed by atoms with Crippen molar-refractivity contribution in [2.24, 2.45) is 11.8 Å². The van der Waals surface area contributed by atoms with Crippen LogP contribution in [0.2, 0.25) is 25.1 Å². The van der Waals surface area contributed by atoms with Gasteiger partial charge in [0, 0.05) is 82.2 Å². The van der Waals surface area contributed by atoms with E-state index in [4.69, 9.17) is 77.0 Å². The van der Waals surface area contributed by atoms with Crippen LogP contribution in [0.25, 0.3) is 33.1 Å². The molecule has 3 aliphatic rings. The normalized spacial score (nSPS) is 15.6. The molecule has 524 valence electrons. The Bertz CT molecular complexity index is 4630. The number of methoxy groups -OCH3 is 2. The van der Waals surface area contributed by atoms with E-state index >= 15 is 0 Å². The predicted molar refractivity (Wildman–Crippen MR) is 388 cm³/mol. The molecule has 3 fully saturated rings. The standard InChI is InChI=1S/C21H15Cl2N3O.C20H25NO4.C18H18ClN3O.C17H14Cl2F2N2O3/c1-27-14-7-8-15-16(9-14)21(13-5-3-2-4-6-13)26-25-20(15)10-17-18(22)11-24-12-19(17)23;1-24-17-7-6-15(12-18(17)25-16-4-2-3-5-16)20(13-21)10-8-14(9-11-20)19(22)23;1-3-14-9-10-15-16(11-12-5-7-13(19)8-6-12)21-18(23)22(4-2)17(15)20-14;18-11-6-22-7-12(19)15(11)23-16(24)10-3-4-13(26-17(20)21)14(5-10)25-8-9-1-2-9/h2-9,11-12H,10H2,1H3;6-7,12,14,16H,2-5,8-11H2,1H3,(H,22,23);5-10H,3-4,11H2,1-2H3;3-7,9,17H,1-2,8H2,(H,22,23,24). The summed E-state index contributed by atoms with van der Waals surface area (Å²) in [5.74, 6) is 0.874. The number of aromatic nitrogens is 7. The number of carboxylic acids is 1. The fourth-order valence-electron chi connectivity index (χ4n) is 11.9. The summed E-state index contributed by atoms with van der Waals surface area (Å²) in [6, 6.07) is 39.6. The summed E-state index contributed by atoms with van der Waals surface area (Å²) in [7, 11) is 3.27. The SMILES string of the molecule is CCc1ccc2c(Cc3ccc(Cl)cc3)nc(=O)n(CC)c2n1.COc1ccc(C2(C#N)CCC(C(=O)O)CC2)cc1OC1CCCC1.COc1ccc2c(Cc3c(Cl)cncc3Cl)nnc(-c3ccccc3)c2c1.O=C(Nc1c(Cl)cncc1Cl)c1ccc(OC(F)F)c(OCC2CC2)c1. The number of hydrogen-bond acceptors (Lipinski definition) is 15. The average molecular weight is 1470 g/mol. The van der Waals surface area contributed by atoms with Crippen molar-refractivity contribution in [2.45, 2.75) is 122 Å². The van der Waals surface area contributed by atoms with Crippen molar-refractivity contribution in [3.05, 3.63) is 221 Å². The predicted octanol–water partition coefficient (Wildman–Crippen LogP) is 18.3. The number of fused-ring (bicyclic) bond motifs is 2. The number of aliphatic carboxylic acids is 1. The molecular weight excluding hydrogens is 1400 g/mol. The molecule has 18 nitrogen and oxygen atoms in total. The first kappa shape index (κ1) is 74.5. The Balaban J connectivity index is 0.000000145. The molecule has 0 bridgehead atoms. The van der Waals surface area contributed by atoms with Crippen LogP contribution in [0.15, 0.2) is 151 Å². The number of carbonyl (C=O) groups is 2. The molecule has 0 unspecified atom stereocenters. The van der Waals surface area contributed by atoms with E-state index in [1.54, 1.807) is 31.2 Å². The Morgan fingerprint density at radius 2 is 1.38 bits per heavy atom. The molecular formula is C76H72Cl5F2N9O9. The molecule has 5 aromatic heterocycles. The zero-order valence-corrected chi connectivity index (χ0v) is 59.5. The van der Waals surface area contributed by atoms with Crippen molar-refractivity contribution in [3.8, 4) is 46.1 Å². The first-order valence-corrected chi connectivity index (χ1v) is 34.8. The highest BCUT2D eigenvalue weighted by Crippen LogP contribution is 2.45. The summed E-state index contributed by atoms with van der Waals surface area (Å²) in [6.07, 6.45) is 16.7. The number of pyridine rings is 3. The summed E-state index contributed by atoms with van der Waals surface area (Å²) in [5.41, 5.74) is 7.32. The number of benzene rings is 5. The second kappa shape index (κ2) is 34.9. The number of amides is 1. The van der Waals surface area contributed by atoms with Gasteiger partial charge in [0.2, 0.25) is 0 Å². The molecule has 5 aromatic carbocycles. The lowest BCUT2D eigenvalue weighted by molar-refractivity contribution is -0.143. The molecule has 2 N–H and O–H groups in total. The Kier molecular flexibility index (Phi) is 25.7. The summed E-state index contributed by atoms with van der Waals surface area (Å²) < 4.78 is 53.7. The number of carbonyl (C=O) groups excluding carboxylic acids is 1.